The minimum atomic E-state index is -0.947. The number of hydrogen-bond acceptors (Lipinski definition) is 3. The van der Waals surface area contributed by atoms with Crippen molar-refractivity contribution in [1.29, 1.82) is 0 Å². The van der Waals surface area contributed by atoms with Crippen molar-refractivity contribution >= 4 is 5.97 Å². The number of carboxylic acids is 1. The van der Waals surface area contributed by atoms with E-state index in [1.807, 2.05) is 0 Å². The number of aliphatic carboxylic acids is 1. The van der Waals surface area contributed by atoms with Crippen molar-refractivity contribution in [3.8, 4) is 0 Å². The molecule has 0 aromatic heterocycles. The second-order valence-electron chi connectivity index (χ2n) is 7.57. The maximum Gasteiger partial charge on any atom is 1.00 e. The number of carbonyl (C=O) groups is 1. The van der Waals surface area contributed by atoms with Crippen LogP contribution in [0, 0.1) is 0 Å². The van der Waals surface area contributed by atoms with Gasteiger partial charge in [-0.1, -0.05) is 76.7 Å². The number of rotatable bonds is 20. The van der Waals surface area contributed by atoms with Crippen molar-refractivity contribution in [2.45, 2.75) is 104 Å². The van der Waals surface area contributed by atoms with E-state index in [1.54, 1.807) is 0 Å². The first-order valence-corrected chi connectivity index (χ1v) is 11.4. The molecule has 0 aliphatic rings. The van der Waals surface area contributed by atoms with Crippen LogP contribution >= 0.6 is 0 Å². The first kappa shape index (κ1) is 30.1. The van der Waals surface area contributed by atoms with E-state index in [-0.39, 0.29) is 36.1 Å². The number of unbranched alkanes of at least 4 members (excludes halogenated alkanes) is 10. The molecular weight excluding hydrogens is 357 g/mol. The van der Waals surface area contributed by atoms with Crippen molar-refractivity contribution in [3.05, 3.63) is 24.3 Å². The Hall–Kier alpha value is -0.0900. The van der Waals surface area contributed by atoms with Gasteiger partial charge in [0.15, 0.2) is 0 Å². The van der Waals surface area contributed by atoms with Crippen LogP contribution in [0.2, 0.25) is 0 Å². The fourth-order valence-corrected chi connectivity index (χ4v) is 3.16. The zero-order valence-electron chi connectivity index (χ0n) is 19.1. The molecule has 3 nitrogen and oxygen atoms in total. The van der Waals surface area contributed by atoms with Crippen molar-refractivity contribution < 1.29 is 39.5 Å². The van der Waals surface area contributed by atoms with Gasteiger partial charge in [-0.15, -0.1) is 0 Å². The maximum atomic E-state index is 11.0. The molecule has 28 heavy (non-hydrogen) atoms. The number of allylic oxidation sites excluding steroid dienone is 4. The SMILES string of the molecule is CCC/C=C/CCCCCCN(CCCCCC/C=C/CCC)CC(=O)[O-].[Na+]. The van der Waals surface area contributed by atoms with Gasteiger partial charge in [0.05, 0.1) is 5.97 Å². The zero-order valence-corrected chi connectivity index (χ0v) is 21.1. The molecule has 158 valence electrons. The average molecular weight is 402 g/mol. The zero-order chi connectivity index (χ0) is 20.0. The van der Waals surface area contributed by atoms with E-state index in [0.717, 1.165) is 25.9 Å². The Morgan fingerprint density at radius 2 is 1.07 bits per heavy atom. The molecule has 0 bridgehead atoms. The van der Waals surface area contributed by atoms with E-state index in [9.17, 15) is 9.90 Å². The number of hydrogen-bond donors (Lipinski definition) is 0. The summed E-state index contributed by atoms with van der Waals surface area (Å²) in [7, 11) is 0. The Morgan fingerprint density at radius 3 is 1.46 bits per heavy atom. The average Bonchev–Trinajstić information content (AvgIpc) is 2.64. The molecule has 0 saturated carbocycles. The Bertz CT molecular complexity index is 355. The second-order valence-corrected chi connectivity index (χ2v) is 7.57. The molecule has 0 rings (SSSR count). The molecule has 0 amide bonds. The van der Waals surface area contributed by atoms with Gasteiger partial charge in [0.1, 0.15) is 0 Å². The van der Waals surface area contributed by atoms with Crippen LogP contribution in [0.5, 0.6) is 0 Å². The molecular formula is C24H44NNaO2. The summed E-state index contributed by atoms with van der Waals surface area (Å²) in [5.74, 6) is -0.947. The summed E-state index contributed by atoms with van der Waals surface area (Å²) >= 11 is 0. The topological polar surface area (TPSA) is 43.4 Å². The van der Waals surface area contributed by atoms with Gasteiger partial charge >= 0.3 is 29.6 Å². The van der Waals surface area contributed by atoms with Crippen molar-refractivity contribution in [1.82, 2.24) is 4.90 Å². The van der Waals surface area contributed by atoms with Crippen molar-refractivity contribution in [2.24, 2.45) is 0 Å². The molecule has 0 atom stereocenters. The molecule has 0 spiro atoms. The quantitative estimate of drug-likeness (QED) is 0.179. The van der Waals surface area contributed by atoms with E-state index >= 15 is 0 Å². The first-order valence-electron chi connectivity index (χ1n) is 11.4. The Morgan fingerprint density at radius 1 is 0.679 bits per heavy atom. The molecule has 0 aliphatic carbocycles. The van der Waals surface area contributed by atoms with Crippen LogP contribution in [-0.2, 0) is 4.79 Å². The summed E-state index contributed by atoms with van der Waals surface area (Å²) < 4.78 is 0. The molecule has 0 aliphatic heterocycles. The summed E-state index contributed by atoms with van der Waals surface area (Å²) in [4.78, 5) is 13.0. The molecule has 0 radical (unpaired) electrons. The smallest absolute Gasteiger partial charge is 0.549 e. The molecule has 0 aromatic rings. The molecule has 0 heterocycles. The largest absolute Gasteiger partial charge is 1.00 e. The van der Waals surface area contributed by atoms with Gasteiger partial charge in [0.25, 0.3) is 0 Å². The molecule has 0 fully saturated rings. The fourth-order valence-electron chi connectivity index (χ4n) is 3.16. The molecule has 4 heteroatoms. The van der Waals surface area contributed by atoms with Crippen molar-refractivity contribution in [2.75, 3.05) is 19.6 Å². The van der Waals surface area contributed by atoms with Crippen LogP contribution in [0.25, 0.3) is 0 Å². The van der Waals surface area contributed by atoms with E-state index in [4.69, 9.17) is 0 Å². The van der Waals surface area contributed by atoms with Crippen LogP contribution in [0.1, 0.15) is 104 Å². The number of carboxylic acid groups (broad SMARTS) is 1. The summed E-state index contributed by atoms with van der Waals surface area (Å²) in [6, 6.07) is 0. The van der Waals surface area contributed by atoms with Gasteiger partial charge in [0.2, 0.25) is 0 Å². The van der Waals surface area contributed by atoms with Gasteiger partial charge < -0.3 is 9.90 Å². The number of nitrogens with zero attached hydrogens (tertiary/aromatic N) is 1. The van der Waals surface area contributed by atoms with E-state index in [1.165, 1.54) is 77.0 Å². The van der Waals surface area contributed by atoms with Crippen LogP contribution in [-0.4, -0.2) is 30.5 Å². The standard InChI is InChI=1S/C24H45NO2.Na/c1-3-5-7-9-11-13-15-17-19-21-25(23-24(26)27)22-20-18-16-14-12-10-8-6-4-2;/h7-10H,3-6,11-23H2,1-2H3,(H,26,27);/q;+1/p-1/b9-7+,10-8+;. The second kappa shape index (κ2) is 24.9. The molecule has 0 unspecified atom stereocenters. The van der Waals surface area contributed by atoms with Gasteiger partial charge in [-0.05, 0) is 64.5 Å². The van der Waals surface area contributed by atoms with Gasteiger partial charge in [0, 0.05) is 6.54 Å². The molecule has 0 saturated heterocycles. The monoisotopic (exact) mass is 401 g/mol. The Balaban J connectivity index is 0. The number of carbonyl (C=O) groups excluding carboxylic acids is 1. The minimum Gasteiger partial charge on any atom is -0.549 e. The van der Waals surface area contributed by atoms with Gasteiger partial charge in [-0.25, -0.2) is 0 Å². The third kappa shape index (κ3) is 23.9. The van der Waals surface area contributed by atoms with Crippen molar-refractivity contribution in [3.63, 3.8) is 0 Å². The normalized spacial score (nSPS) is 11.5. The van der Waals surface area contributed by atoms with E-state index in [2.05, 4.69) is 43.1 Å². The predicted molar refractivity (Wildman–Crippen MR) is 116 cm³/mol. The molecule has 0 N–H and O–H groups in total. The third-order valence-corrected chi connectivity index (χ3v) is 4.79. The predicted octanol–water partition coefficient (Wildman–Crippen LogP) is 2.66. The first-order chi connectivity index (χ1) is 13.2. The summed E-state index contributed by atoms with van der Waals surface area (Å²) in [5, 5.41) is 11.0. The fraction of sp³-hybridized carbons (Fsp3) is 0.792. The summed E-state index contributed by atoms with van der Waals surface area (Å²) in [6.07, 6.45) is 25.9. The van der Waals surface area contributed by atoms with Gasteiger partial charge in [-0.2, -0.15) is 0 Å². The summed E-state index contributed by atoms with van der Waals surface area (Å²) in [6.45, 7) is 6.27. The van der Waals surface area contributed by atoms with Crippen LogP contribution < -0.4 is 34.7 Å². The van der Waals surface area contributed by atoms with Crippen LogP contribution in [0.15, 0.2) is 24.3 Å². The van der Waals surface area contributed by atoms with E-state index < -0.39 is 5.97 Å². The van der Waals surface area contributed by atoms with Crippen LogP contribution in [0.4, 0.5) is 0 Å². The molecule has 0 aromatic carbocycles. The third-order valence-electron chi connectivity index (χ3n) is 4.79. The minimum absolute atomic E-state index is 0. The maximum absolute atomic E-state index is 11.0. The Labute approximate surface area is 197 Å². The summed E-state index contributed by atoms with van der Waals surface area (Å²) in [5.41, 5.74) is 0. The van der Waals surface area contributed by atoms with E-state index in [0.29, 0.717) is 0 Å². The van der Waals surface area contributed by atoms with Crippen LogP contribution in [0.3, 0.4) is 0 Å². The Kier molecular flexibility index (Phi) is 26.8. The van der Waals surface area contributed by atoms with Gasteiger partial charge in [-0.3, -0.25) is 4.90 Å².